The van der Waals surface area contributed by atoms with E-state index < -0.39 is 0 Å². The van der Waals surface area contributed by atoms with Gasteiger partial charge < -0.3 is 0 Å². The summed E-state index contributed by atoms with van der Waals surface area (Å²) in [6, 6.07) is 12.2. The molecule has 4 rings (SSSR count). The van der Waals surface area contributed by atoms with Crippen LogP contribution >= 0.6 is 0 Å². The molecule has 0 spiro atoms. The molecule has 0 unspecified atom stereocenters. The van der Waals surface area contributed by atoms with Crippen molar-refractivity contribution in [3.63, 3.8) is 0 Å². The van der Waals surface area contributed by atoms with E-state index in [1.165, 1.54) is 0 Å². The van der Waals surface area contributed by atoms with Crippen LogP contribution in [0, 0.1) is 0 Å². The molecule has 0 radical (unpaired) electrons. The van der Waals surface area contributed by atoms with Crippen molar-refractivity contribution in [3.8, 4) is 0 Å². The molecule has 80 valence electrons. The van der Waals surface area contributed by atoms with Gasteiger partial charge in [-0.15, -0.1) is 5.10 Å². The van der Waals surface area contributed by atoms with E-state index in [1.54, 1.807) is 12.4 Å². The molecular formula is C13H8N4. The van der Waals surface area contributed by atoms with Gasteiger partial charge in [0.25, 0.3) is 0 Å². The highest BCUT2D eigenvalue weighted by Crippen LogP contribution is 2.26. The van der Waals surface area contributed by atoms with Crippen molar-refractivity contribution in [2.75, 3.05) is 0 Å². The average molecular weight is 220 g/mol. The molecule has 0 bridgehead atoms. The van der Waals surface area contributed by atoms with Crippen LogP contribution in [0.2, 0.25) is 0 Å². The minimum Gasteiger partial charge on any atom is -0.254 e. The van der Waals surface area contributed by atoms with Crippen LogP contribution in [-0.2, 0) is 0 Å². The van der Waals surface area contributed by atoms with Crippen molar-refractivity contribution in [1.82, 2.24) is 19.8 Å². The lowest BCUT2D eigenvalue weighted by Gasteiger charge is -2.05. The summed E-state index contributed by atoms with van der Waals surface area (Å²) in [5.74, 6) is 0. The Morgan fingerprint density at radius 1 is 0.882 bits per heavy atom. The molecule has 0 aliphatic carbocycles. The van der Waals surface area contributed by atoms with Gasteiger partial charge in [-0.2, -0.15) is 0 Å². The molecule has 0 aliphatic rings. The van der Waals surface area contributed by atoms with Crippen molar-refractivity contribution in [2.45, 2.75) is 0 Å². The van der Waals surface area contributed by atoms with Crippen LogP contribution < -0.4 is 0 Å². The Morgan fingerprint density at radius 3 is 2.76 bits per heavy atom. The van der Waals surface area contributed by atoms with Gasteiger partial charge in [0.05, 0.1) is 17.2 Å². The third-order valence-electron chi connectivity index (χ3n) is 3.02. The van der Waals surface area contributed by atoms with E-state index in [2.05, 4.69) is 27.4 Å². The van der Waals surface area contributed by atoms with E-state index in [9.17, 15) is 0 Å². The third kappa shape index (κ3) is 1.04. The average Bonchev–Trinajstić information content (AvgIpc) is 2.89. The zero-order valence-corrected chi connectivity index (χ0v) is 8.91. The number of aromatic nitrogens is 4. The molecule has 4 aromatic rings. The summed E-state index contributed by atoms with van der Waals surface area (Å²) in [6.45, 7) is 0. The van der Waals surface area contributed by atoms with Gasteiger partial charge in [-0.25, -0.2) is 4.52 Å². The number of rotatable bonds is 0. The molecule has 0 aliphatic heterocycles. The van der Waals surface area contributed by atoms with Crippen molar-refractivity contribution < 1.29 is 0 Å². The SMILES string of the molecule is c1cnc2c(c1)c1ccccc1n1nncc21. The molecule has 4 heteroatoms. The van der Waals surface area contributed by atoms with Gasteiger partial charge in [0, 0.05) is 17.0 Å². The van der Waals surface area contributed by atoms with Gasteiger partial charge >= 0.3 is 0 Å². The Balaban J connectivity index is 2.48. The maximum atomic E-state index is 4.43. The van der Waals surface area contributed by atoms with Crippen LogP contribution in [0.4, 0.5) is 0 Å². The number of para-hydroxylation sites is 1. The van der Waals surface area contributed by atoms with Gasteiger partial charge in [-0.3, -0.25) is 4.98 Å². The third-order valence-corrected chi connectivity index (χ3v) is 3.02. The van der Waals surface area contributed by atoms with E-state index in [-0.39, 0.29) is 0 Å². The van der Waals surface area contributed by atoms with Crippen LogP contribution in [0.15, 0.2) is 48.8 Å². The van der Waals surface area contributed by atoms with E-state index in [4.69, 9.17) is 0 Å². The fourth-order valence-corrected chi connectivity index (χ4v) is 2.29. The van der Waals surface area contributed by atoms with Crippen LogP contribution in [0.25, 0.3) is 27.3 Å². The van der Waals surface area contributed by atoms with E-state index >= 15 is 0 Å². The van der Waals surface area contributed by atoms with Crippen molar-refractivity contribution in [3.05, 3.63) is 48.8 Å². The van der Waals surface area contributed by atoms with Crippen LogP contribution in [0.3, 0.4) is 0 Å². The first-order valence-electron chi connectivity index (χ1n) is 5.41. The Kier molecular flexibility index (Phi) is 1.53. The molecule has 0 fully saturated rings. The maximum Gasteiger partial charge on any atom is 0.113 e. The van der Waals surface area contributed by atoms with Gasteiger partial charge in [-0.05, 0) is 12.1 Å². The Hall–Kier alpha value is -2.49. The number of pyridine rings is 2. The summed E-state index contributed by atoms with van der Waals surface area (Å²) in [5.41, 5.74) is 2.94. The number of hydrogen-bond donors (Lipinski definition) is 0. The smallest absolute Gasteiger partial charge is 0.113 e. The molecule has 3 aromatic heterocycles. The number of nitrogens with zero attached hydrogens (tertiary/aromatic N) is 4. The van der Waals surface area contributed by atoms with Crippen molar-refractivity contribution in [2.24, 2.45) is 0 Å². The fraction of sp³-hybridized carbons (Fsp3) is 0. The molecule has 0 saturated heterocycles. The topological polar surface area (TPSA) is 43.1 Å². The Labute approximate surface area is 96.5 Å². The molecule has 0 N–H and O–H groups in total. The molecular weight excluding hydrogens is 212 g/mol. The van der Waals surface area contributed by atoms with E-state index in [0.717, 1.165) is 27.3 Å². The second-order valence-electron chi connectivity index (χ2n) is 3.95. The van der Waals surface area contributed by atoms with Crippen LogP contribution in [0.5, 0.6) is 0 Å². The highest BCUT2D eigenvalue weighted by molar-refractivity contribution is 6.10. The lowest BCUT2D eigenvalue weighted by molar-refractivity contribution is 0.883. The second kappa shape index (κ2) is 3.01. The lowest BCUT2D eigenvalue weighted by Crippen LogP contribution is -1.93. The summed E-state index contributed by atoms with van der Waals surface area (Å²) in [5, 5.41) is 10.4. The monoisotopic (exact) mass is 220 g/mol. The minimum atomic E-state index is 0.941. The van der Waals surface area contributed by atoms with Crippen molar-refractivity contribution in [1.29, 1.82) is 0 Å². The van der Waals surface area contributed by atoms with Crippen molar-refractivity contribution >= 4 is 27.3 Å². The molecule has 0 saturated carbocycles. The largest absolute Gasteiger partial charge is 0.254 e. The van der Waals surface area contributed by atoms with E-state index in [0.29, 0.717) is 0 Å². The van der Waals surface area contributed by atoms with Crippen LogP contribution in [0.1, 0.15) is 0 Å². The number of fused-ring (bicyclic) bond motifs is 6. The predicted molar refractivity (Wildman–Crippen MR) is 65.8 cm³/mol. The Bertz CT molecular complexity index is 778. The lowest BCUT2D eigenvalue weighted by atomic mass is 10.1. The summed E-state index contributed by atoms with van der Waals surface area (Å²) >= 11 is 0. The summed E-state index contributed by atoms with van der Waals surface area (Å²) in [7, 11) is 0. The molecule has 0 atom stereocenters. The predicted octanol–water partition coefficient (Wildman–Crippen LogP) is 2.43. The quantitative estimate of drug-likeness (QED) is 0.427. The molecule has 3 heterocycles. The van der Waals surface area contributed by atoms with Gasteiger partial charge in [0.2, 0.25) is 0 Å². The first-order chi connectivity index (χ1) is 8.45. The highest BCUT2D eigenvalue weighted by atomic mass is 15.4. The summed E-state index contributed by atoms with van der Waals surface area (Å²) in [6.07, 6.45) is 3.55. The molecule has 17 heavy (non-hydrogen) atoms. The normalized spacial score (nSPS) is 11.5. The number of hydrogen-bond acceptors (Lipinski definition) is 3. The van der Waals surface area contributed by atoms with E-state index in [1.807, 2.05) is 28.8 Å². The zero-order valence-electron chi connectivity index (χ0n) is 8.91. The Morgan fingerprint density at radius 2 is 1.76 bits per heavy atom. The second-order valence-corrected chi connectivity index (χ2v) is 3.95. The molecule has 1 aromatic carbocycles. The maximum absolute atomic E-state index is 4.43. The van der Waals surface area contributed by atoms with Gasteiger partial charge in [0.1, 0.15) is 5.52 Å². The number of benzene rings is 1. The van der Waals surface area contributed by atoms with Crippen LogP contribution in [-0.4, -0.2) is 19.8 Å². The first kappa shape index (κ1) is 8.64. The highest BCUT2D eigenvalue weighted by Gasteiger charge is 2.09. The first-order valence-corrected chi connectivity index (χ1v) is 5.41. The summed E-state index contributed by atoms with van der Waals surface area (Å²) < 4.78 is 1.84. The molecule has 0 amide bonds. The van der Waals surface area contributed by atoms with Gasteiger partial charge in [0.15, 0.2) is 0 Å². The summed E-state index contributed by atoms with van der Waals surface area (Å²) in [4.78, 5) is 4.43. The molecule has 4 nitrogen and oxygen atoms in total. The zero-order chi connectivity index (χ0) is 11.2. The fourth-order valence-electron chi connectivity index (χ4n) is 2.29. The standard InChI is InChI=1S/C13H8N4/c1-2-6-11-9(4-1)10-5-3-7-14-13(10)12-8-15-16-17(11)12/h1-8H. The van der Waals surface area contributed by atoms with Gasteiger partial charge in [-0.1, -0.05) is 29.5 Å². The minimum absolute atomic E-state index is 0.941.